The minimum atomic E-state index is -5.26. The third-order valence-electron chi connectivity index (χ3n) is 7.52. The van der Waals surface area contributed by atoms with Crippen LogP contribution in [-0.4, -0.2) is 43.2 Å². The van der Waals surface area contributed by atoms with Crippen LogP contribution in [0, 0.1) is 30.2 Å². The molecule has 4 aromatic carbocycles. The summed E-state index contributed by atoms with van der Waals surface area (Å²) in [5.41, 5.74) is 1.55. The number of benzene rings is 4. The van der Waals surface area contributed by atoms with Crippen molar-refractivity contribution in [1.29, 1.82) is 0 Å². The van der Waals surface area contributed by atoms with Crippen LogP contribution in [-0.2, 0) is 44.2 Å². The Bertz CT molecular complexity index is 2180. The molecular formula is C34H28F4N2O8S2. The molecule has 0 aliphatic carbocycles. The van der Waals surface area contributed by atoms with Gasteiger partial charge in [0.25, 0.3) is 20.0 Å². The van der Waals surface area contributed by atoms with Gasteiger partial charge in [-0.25, -0.2) is 39.4 Å². The molecule has 0 bridgehead atoms. The number of hydrogen-bond donors (Lipinski definition) is 1. The molecule has 0 atom stereocenters. The van der Waals surface area contributed by atoms with E-state index in [1.54, 1.807) is 6.92 Å². The quantitative estimate of drug-likeness (QED) is 0.128. The molecule has 0 amide bonds. The van der Waals surface area contributed by atoms with Crippen LogP contribution in [0.5, 0.6) is 5.75 Å². The minimum absolute atomic E-state index is 0.0370. The van der Waals surface area contributed by atoms with E-state index in [2.05, 4.69) is 4.98 Å². The summed E-state index contributed by atoms with van der Waals surface area (Å²) in [7, 11) is -10.5. The zero-order valence-corrected chi connectivity index (χ0v) is 27.8. The normalized spacial score (nSPS) is 12.0. The molecule has 5 rings (SSSR count). The number of rotatable bonds is 14. The Balaban J connectivity index is 1.50. The topological polar surface area (TPSA) is 144 Å². The first-order valence-electron chi connectivity index (χ1n) is 14.8. The van der Waals surface area contributed by atoms with Crippen LogP contribution >= 0.6 is 0 Å². The number of sulfonamides is 2. The van der Waals surface area contributed by atoms with Crippen LogP contribution in [0.15, 0.2) is 99.1 Å². The van der Waals surface area contributed by atoms with Crippen molar-refractivity contribution in [2.24, 2.45) is 0 Å². The Morgan fingerprint density at radius 1 is 0.780 bits per heavy atom. The van der Waals surface area contributed by atoms with Gasteiger partial charge in [0.2, 0.25) is 5.89 Å². The highest BCUT2D eigenvalue weighted by molar-refractivity contribution is 8.04. The van der Waals surface area contributed by atoms with Gasteiger partial charge in [-0.1, -0.05) is 28.0 Å². The lowest BCUT2D eigenvalue weighted by atomic mass is 10.0. The summed E-state index contributed by atoms with van der Waals surface area (Å²) in [6.45, 7) is 0.761. The van der Waals surface area contributed by atoms with Crippen LogP contribution in [0.25, 0.3) is 11.5 Å². The maximum absolute atomic E-state index is 14.2. The number of aryl methyl sites for hydroxylation is 2. The molecule has 0 spiro atoms. The van der Waals surface area contributed by atoms with Gasteiger partial charge < -0.3 is 14.3 Å². The number of ether oxygens (including phenoxy) is 1. The Morgan fingerprint density at radius 2 is 1.38 bits per heavy atom. The molecule has 1 N–H and O–H groups in total. The molecule has 0 aliphatic rings. The third-order valence-corrected chi connectivity index (χ3v) is 11.7. The smallest absolute Gasteiger partial charge is 0.303 e. The number of carboxylic acids is 1. The molecule has 1 heterocycles. The number of oxazole rings is 1. The van der Waals surface area contributed by atoms with Crippen LogP contribution in [0.1, 0.15) is 29.0 Å². The van der Waals surface area contributed by atoms with E-state index in [4.69, 9.17) is 9.15 Å². The van der Waals surface area contributed by atoms with Crippen molar-refractivity contribution in [3.05, 3.63) is 131 Å². The minimum Gasteiger partial charge on any atom is -0.493 e. The van der Waals surface area contributed by atoms with Gasteiger partial charge in [0, 0.05) is 18.4 Å². The fourth-order valence-electron chi connectivity index (χ4n) is 4.90. The highest BCUT2D eigenvalue weighted by atomic mass is 32.3. The van der Waals surface area contributed by atoms with Crippen LogP contribution in [0.3, 0.4) is 0 Å². The monoisotopic (exact) mass is 732 g/mol. The Hall–Kier alpha value is -5.06. The van der Waals surface area contributed by atoms with Gasteiger partial charge in [-0.2, -0.15) is 0 Å². The van der Waals surface area contributed by atoms with Gasteiger partial charge in [0.1, 0.15) is 11.5 Å². The van der Waals surface area contributed by atoms with E-state index in [1.807, 2.05) is 30.3 Å². The summed E-state index contributed by atoms with van der Waals surface area (Å²) in [5.74, 6) is -6.09. The maximum atomic E-state index is 14.2. The van der Waals surface area contributed by atoms with E-state index in [1.165, 1.54) is 18.2 Å². The number of aromatic nitrogens is 1. The fraction of sp³-hybridized carbons (Fsp3) is 0.176. The molecule has 16 heteroatoms. The van der Waals surface area contributed by atoms with Crippen molar-refractivity contribution in [1.82, 2.24) is 8.69 Å². The summed E-state index contributed by atoms with van der Waals surface area (Å²) in [4.78, 5) is 14.0. The predicted octanol–water partition coefficient (Wildman–Crippen LogP) is 6.42. The lowest BCUT2D eigenvalue weighted by Gasteiger charge is -2.24. The van der Waals surface area contributed by atoms with Gasteiger partial charge in [-0.3, -0.25) is 4.79 Å². The molecule has 0 fully saturated rings. The summed E-state index contributed by atoms with van der Waals surface area (Å²) in [5, 5.41) is 9.30. The average molecular weight is 733 g/mol. The van der Waals surface area contributed by atoms with E-state index in [0.29, 0.717) is 41.6 Å². The third kappa shape index (κ3) is 8.04. The van der Waals surface area contributed by atoms with E-state index < -0.39 is 72.0 Å². The van der Waals surface area contributed by atoms with Gasteiger partial charge in [0.15, 0.2) is 23.3 Å². The summed E-state index contributed by atoms with van der Waals surface area (Å²) >= 11 is 0. The lowest BCUT2D eigenvalue weighted by molar-refractivity contribution is -0.136. The molecule has 262 valence electrons. The van der Waals surface area contributed by atoms with Crippen molar-refractivity contribution in [3.63, 3.8) is 0 Å². The molecule has 0 saturated heterocycles. The number of carboxylic acid groups (broad SMARTS) is 1. The standard InChI is InChI=1S/C34H28F4N2O8S2/c1-21-32(39-34(48-21)23-5-3-2-4-6-23)15-16-47-25-9-7-22(8-14-33(41)42)24(17-25)20-40(49(43,44)26-10-12-28(35)30(37)18-26)50(45,46)27-11-13-29(36)31(38)19-27/h2-7,9-13,17-19H,8,14-16,20H2,1H3,(H,41,42). The molecule has 0 saturated carbocycles. The van der Waals surface area contributed by atoms with Gasteiger partial charge in [0.05, 0.1) is 28.6 Å². The summed E-state index contributed by atoms with van der Waals surface area (Å²) in [6.07, 6.45) is -0.316. The number of halogens is 4. The zero-order valence-electron chi connectivity index (χ0n) is 26.1. The predicted molar refractivity (Wildman–Crippen MR) is 171 cm³/mol. The highest BCUT2D eigenvalue weighted by Crippen LogP contribution is 2.31. The van der Waals surface area contributed by atoms with Gasteiger partial charge in [-0.15, -0.1) is 0 Å². The summed E-state index contributed by atoms with van der Waals surface area (Å²) < 4.78 is 123. The molecule has 50 heavy (non-hydrogen) atoms. The molecule has 5 aromatic rings. The van der Waals surface area contributed by atoms with Crippen molar-refractivity contribution >= 4 is 26.0 Å². The fourth-order valence-corrected chi connectivity index (χ4v) is 8.53. The molecule has 0 aliphatic heterocycles. The SMILES string of the molecule is Cc1oc(-c2ccccc2)nc1CCOc1ccc(CCC(=O)O)c(CN(S(=O)(=O)c2ccc(F)c(F)c2)S(=O)(=O)c2ccc(F)c(F)c2)c1. The second-order valence-corrected chi connectivity index (χ2v) is 14.9. The number of nitrogens with zero attached hydrogens (tertiary/aromatic N) is 2. The van der Waals surface area contributed by atoms with Crippen LogP contribution < -0.4 is 4.74 Å². The number of hydrogen-bond acceptors (Lipinski definition) is 8. The van der Waals surface area contributed by atoms with E-state index in [-0.39, 0.29) is 52.2 Å². The Kier molecular flexibility index (Phi) is 10.7. The first-order valence-corrected chi connectivity index (χ1v) is 17.7. The molecule has 1 aromatic heterocycles. The first kappa shape index (κ1) is 36.2. The summed E-state index contributed by atoms with van der Waals surface area (Å²) in [6, 6.07) is 16.2. The second kappa shape index (κ2) is 14.8. The first-order chi connectivity index (χ1) is 23.7. The maximum Gasteiger partial charge on any atom is 0.303 e. The molecular weight excluding hydrogens is 705 g/mol. The van der Waals surface area contributed by atoms with E-state index in [9.17, 15) is 44.3 Å². The lowest BCUT2D eigenvalue weighted by Crippen LogP contribution is -2.37. The second-order valence-electron chi connectivity index (χ2n) is 10.9. The van der Waals surface area contributed by atoms with Crippen LogP contribution in [0.2, 0.25) is 0 Å². The van der Waals surface area contributed by atoms with Crippen molar-refractivity contribution < 1.29 is 53.5 Å². The van der Waals surface area contributed by atoms with E-state index >= 15 is 0 Å². The Labute approximate surface area is 284 Å². The van der Waals surface area contributed by atoms with E-state index in [0.717, 1.165) is 5.56 Å². The highest BCUT2D eigenvalue weighted by Gasteiger charge is 2.38. The largest absolute Gasteiger partial charge is 0.493 e. The van der Waals surface area contributed by atoms with Crippen molar-refractivity contribution in [2.75, 3.05) is 6.61 Å². The molecule has 0 unspecified atom stereocenters. The van der Waals surface area contributed by atoms with Crippen molar-refractivity contribution in [3.8, 4) is 17.2 Å². The average Bonchev–Trinajstić information content (AvgIpc) is 3.45. The zero-order chi connectivity index (χ0) is 36.2. The Morgan fingerprint density at radius 3 is 1.94 bits per heavy atom. The molecule has 0 radical (unpaired) electrons. The number of carbonyl (C=O) groups is 1. The van der Waals surface area contributed by atoms with Gasteiger partial charge >= 0.3 is 5.97 Å². The van der Waals surface area contributed by atoms with Crippen molar-refractivity contribution in [2.45, 2.75) is 42.5 Å². The number of aliphatic carboxylic acids is 1. The molecule has 10 nitrogen and oxygen atoms in total. The van der Waals surface area contributed by atoms with Crippen LogP contribution in [0.4, 0.5) is 17.6 Å². The van der Waals surface area contributed by atoms with Gasteiger partial charge in [-0.05, 0) is 85.1 Å².